The first-order chi connectivity index (χ1) is 12.2. The van der Waals surface area contributed by atoms with Gasteiger partial charge in [0.1, 0.15) is 6.73 Å². The van der Waals surface area contributed by atoms with Crippen molar-refractivity contribution >= 4 is 17.8 Å². The van der Waals surface area contributed by atoms with Crippen molar-refractivity contribution in [1.82, 2.24) is 9.80 Å². The SMILES string of the molecule is CC(C)CN(C(=O)O)C(=O)N1COC(O)C1Cc1ccc([N+](=O)[O-])cc1. The summed E-state index contributed by atoms with van der Waals surface area (Å²) in [4.78, 5) is 36.0. The van der Waals surface area contributed by atoms with Gasteiger partial charge in [-0.15, -0.1) is 0 Å². The summed E-state index contributed by atoms with van der Waals surface area (Å²) in [5.41, 5.74) is 0.576. The maximum atomic E-state index is 12.6. The fraction of sp³-hybridized carbons (Fsp3) is 0.500. The number of hydrogen-bond donors (Lipinski definition) is 2. The number of nitro benzene ring substituents is 1. The first-order valence-corrected chi connectivity index (χ1v) is 8.04. The second-order valence-corrected chi connectivity index (χ2v) is 6.42. The average Bonchev–Trinajstić information content (AvgIpc) is 2.93. The molecule has 142 valence electrons. The number of benzene rings is 1. The Balaban J connectivity index is 2.16. The van der Waals surface area contributed by atoms with Gasteiger partial charge in [-0.25, -0.2) is 14.5 Å². The Hall–Kier alpha value is -2.72. The number of carbonyl (C=O) groups is 2. The number of carboxylic acid groups (broad SMARTS) is 1. The molecule has 2 rings (SSSR count). The number of nitro groups is 1. The lowest BCUT2D eigenvalue weighted by Crippen LogP contribution is -2.50. The van der Waals surface area contributed by atoms with Gasteiger partial charge in [0.2, 0.25) is 0 Å². The third kappa shape index (κ3) is 4.46. The van der Waals surface area contributed by atoms with Crippen molar-refractivity contribution in [1.29, 1.82) is 0 Å². The van der Waals surface area contributed by atoms with E-state index in [-0.39, 0.29) is 31.3 Å². The number of rotatable bonds is 5. The standard InChI is InChI=1S/C16H21N3O7/c1-10(2)8-17(16(22)23)15(21)18-9-26-14(20)13(18)7-11-3-5-12(6-4-11)19(24)25/h3-6,10,13-14,20H,7-9H2,1-2H3,(H,22,23). The van der Waals surface area contributed by atoms with Crippen LogP contribution in [0.4, 0.5) is 15.3 Å². The number of ether oxygens (including phenoxy) is 1. The van der Waals surface area contributed by atoms with E-state index >= 15 is 0 Å². The van der Waals surface area contributed by atoms with Gasteiger partial charge >= 0.3 is 12.1 Å². The summed E-state index contributed by atoms with van der Waals surface area (Å²) in [5, 5.41) is 30.0. The molecule has 2 atom stereocenters. The topological polar surface area (TPSA) is 133 Å². The molecule has 1 saturated heterocycles. The molecule has 10 heteroatoms. The molecular weight excluding hydrogens is 346 g/mol. The van der Waals surface area contributed by atoms with Crippen LogP contribution in [0.25, 0.3) is 0 Å². The van der Waals surface area contributed by atoms with E-state index in [1.165, 1.54) is 24.3 Å². The fourth-order valence-corrected chi connectivity index (χ4v) is 2.68. The summed E-state index contributed by atoms with van der Waals surface area (Å²) < 4.78 is 5.10. The van der Waals surface area contributed by atoms with Crippen molar-refractivity contribution in [3.05, 3.63) is 39.9 Å². The van der Waals surface area contributed by atoms with Crippen LogP contribution in [0.5, 0.6) is 0 Å². The largest absolute Gasteiger partial charge is 0.465 e. The molecule has 10 nitrogen and oxygen atoms in total. The number of imide groups is 1. The highest BCUT2D eigenvalue weighted by Gasteiger charge is 2.40. The Bertz CT molecular complexity index is 677. The van der Waals surface area contributed by atoms with Crippen LogP contribution in [-0.2, 0) is 11.2 Å². The molecule has 2 unspecified atom stereocenters. The van der Waals surface area contributed by atoms with Gasteiger partial charge in [-0.3, -0.25) is 15.0 Å². The van der Waals surface area contributed by atoms with E-state index in [4.69, 9.17) is 4.74 Å². The fourth-order valence-electron chi connectivity index (χ4n) is 2.68. The molecule has 1 aromatic rings. The van der Waals surface area contributed by atoms with E-state index in [2.05, 4.69) is 0 Å². The minimum absolute atomic E-state index is 0.0189. The summed E-state index contributed by atoms with van der Waals surface area (Å²) >= 11 is 0. The van der Waals surface area contributed by atoms with Crippen LogP contribution < -0.4 is 0 Å². The Morgan fingerprint density at radius 2 is 2.00 bits per heavy atom. The molecule has 0 spiro atoms. The zero-order valence-corrected chi connectivity index (χ0v) is 14.4. The number of non-ortho nitro benzene ring substituents is 1. The number of nitrogens with zero attached hydrogens (tertiary/aromatic N) is 3. The number of aliphatic hydroxyl groups excluding tert-OH is 1. The third-order valence-electron chi connectivity index (χ3n) is 3.96. The Morgan fingerprint density at radius 3 is 2.50 bits per heavy atom. The van der Waals surface area contributed by atoms with Gasteiger partial charge in [-0.1, -0.05) is 26.0 Å². The molecule has 3 amide bonds. The van der Waals surface area contributed by atoms with Gasteiger partial charge in [0.15, 0.2) is 6.29 Å². The van der Waals surface area contributed by atoms with Crippen LogP contribution in [0.3, 0.4) is 0 Å². The summed E-state index contributed by atoms with van der Waals surface area (Å²) in [6.07, 6.45) is -2.48. The molecule has 1 aliphatic rings. The maximum absolute atomic E-state index is 12.6. The molecule has 1 heterocycles. The minimum Gasteiger partial charge on any atom is -0.465 e. The number of aliphatic hydroxyl groups is 1. The number of amides is 3. The molecule has 1 aliphatic heterocycles. The summed E-state index contributed by atoms with van der Waals surface area (Å²) in [6, 6.07) is 4.13. The first-order valence-electron chi connectivity index (χ1n) is 8.04. The molecule has 0 saturated carbocycles. The van der Waals surface area contributed by atoms with E-state index in [1.54, 1.807) is 13.8 Å². The Kier molecular flexibility index (Phi) is 6.11. The second-order valence-electron chi connectivity index (χ2n) is 6.42. The lowest BCUT2D eigenvalue weighted by Gasteiger charge is -2.29. The van der Waals surface area contributed by atoms with Crippen molar-refractivity contribution in [2.45, 2.75) is 32.6 Å². The molecule has 0 aliphatic carbocycles. The van der Waals surface area contributed by atoms with E-state index in [0.29, 0.717) is 10.5 Å². The zero-order chi connectivity index (χ0) is 19.4. The van der Waals surface area contributed by atoms with Crippen LogP contribution in [0.1, 0.15) is 19.4 Å². The molecular formula is C16H21N3O7. The van der Waals surface area contributed by atoms with Crippen LogP contribution in [0, 0.1) is 16.0 Å². The summed E-state index contributed by atoms with van der Waals surface area (Å²) in [6.45, 7) is 3.35. The van der Waals surface area contributed by atoms with Crippen molar-refractivity contribution in [2.24, 2.45) is 5.92 Å². The van der Waals surface area contributed by atoms with Gasteiger partial charge in [-0.05, 0) is 17.9 Å². The maximum Gasteiger partial charge on any atom is 0.415 e. The normalized spacial score (nSPS) is 19.6. The predicted molar refractivity (Wildman–Crippen MR) is 89.4 cm³/mol. The van der Waals surface area contributed by atoms with E-state index < -0.39 is 29.4 Å². The van der Waals surface area contributed by atoms with Crippen LogP contribution in [0.15, 0.2) is 24.3 Å². The van der Waals surface area contributed by atoms with Crippen molar-refractivity contribution in [3.63, 3.8) is 0 Å². The van der Waals surface area contributed by atoms with Crippen molar-refractivity contribution in [2.75, 3.05) is 13.3 Å². The van der Waals surface area contributed by atoms with Crippen molar-refractivity contribution < 1.29 is 29.5 Å². The molecule has 0 bridgehead atoms. The number of urea groups is 1. The monoisotopic (exact) mass is 367 g/mol. The Labute approximate surface area is 149 Å². The van der Waals surface area contributed by atoms with E-state index in [1.807, 2.05) is 0 Å². The zero-order valence-electron chi connectivity index (χ0n) is 14.4. The van der Waals surface area contributed by atoms with Gasteiger partial charge in [0.05, 0.1) is 11.0 Å². The summed E-state index contributed by atoms with van der Waals surface area (Å²) in [5.74, 6) is -0.0587. The highest BCUT2D eigenvalue weighted by Crippen LogP contribution is 2.23. The van der Waals surface area contributed by atoms with Crippen LogP contribution in [-0.4, -0.2) is 62.7 Å². The van der Waals surface area contributed by atoms with Gasteiger partial charge in [0, 0.05) is 18.7 Å². The van der Waals surface area contributed by atoms with E-state index in [0.717, 1.165) is 4.90 Å². The smallest absolute Gasteiger partial charge is 0.415 e. The number of hydrogen-bond acceptors (Lipinski definition) is 6. The van der Waals surface area contributed by atoms with Gasteiger partial charge < -0.3 is 14.9 Å². The highest BCUT2D eigenvalue weighted by atomic mass is 16.6. The summed E-state index contributed by atoms with van der Waals surface area (Å²) in [7, 11) is 0. The highest BCUT2D eigenvalue weighted by molar-refractivity contribution is 5.90. The third-order valence-corrected chi connectivity index (χ3v) is 3.96. The molecule has 26 heavy (non-hydrogen) atoms. The van der Waals surface area contributed by atoms with Gasteiger partial charge in [0.25, 0.3) is 5.69 Å². The van der Waals surface area contributed by atoms with Crippen LogP contribution >= 0.6 is 0 Å². The molecule has 1 aromatic carbocycles. The number of carbonyl (C=O) groups excluding carboxylic acids is 1. The van der Waals surface area contributed by atoms with Crippen molar-refractivity contribution in [3.8, 4) is 0 Å². The van der Waals surface area contributed by atoms with Crippen LogP contribution in [0.2, 0.25) is 0 Å². The average molecular weight is 367 g/mol. The quantitative estimate of drug-likeness (QED) is 0.599. The minimum atomic E-state index is -1.38. The first kappa shape index (κ1) is 19.6. The molecule has 0 aromatic heterocycles. The molecule has 1 fully saturated rings. The molecule has 0 radical (unpaired) electrons. The lowest BCUT2D eigenvalue weighted by atomic mass is 10.0. The lowest BCUT2D eigenvalue weighted by molar-refractivity contribution is -0.384. The Morgan fingerprint density at radius 1 is 1.38 bits per heavy atom. The second kappa shape index (κ2) is 8.11. The van der Waals surface area contributed by atoms with E-state index in [9.17, 15) is 29.9 Å². The predicted octanol–water partition coefficient (Wildman–Crippen LogP) is 1.87. The molecule has 2 N–H and O–H groups in total. The van der Waals surface area contributed by atoms with Gasteiger partial charge in [-0.2, -0.15) is 0 Å².